The molecule has 0 saturated carbocycles. The molecule has 5 nitrogen and oxygen atoms in total. The summed E-state index contributed by atoms with van der Waals surface area (Å²) in [5.41, 5.74) is 2.29. The van der Waals surface area contributed by atoms with Crippen molar-refractivity contribution in [1.29, 1.82) is 0 Å². The highest BCUT2D eigenvalue weighted by atomic mass is 32.2. The summed E-state index contributed by atoms with van der Waals surface area (Å²) in [7, 11) is 0. The molecule has 1 unspecified atom stereocenters. The van der Waals surface area contributed by atoms with Gasteiger partial charge < -0.3 is 14.2 Å². The molecule has 6 aromatic rings. The number of ketones is 1. The Bertz CT molecular complexity index is 1990. The van der Waals surface area contributed by atoms with E-state index in [2.05, 4.69) is 36.1 Å². The molecule has 1 fully saturated rings. The van der Waals surface area contributed by atoms with E-state index in [0.29, 0.717) is 23.0 Å². The fourth-order valence-corrected chi connectivity index (χ4v) is 8.64. The van der Waals surface area contributed by atoms with E-state index in [0.717, 1.165) is 60.7 Å². The molecule has 1 saturated heterocycles. The van der Waals surface area contributed by atoms with Crippen LogP contribution in [-0.2, 0) is 0 Å². The first kappa shape index (κ1) is 34.2. The zero-order chi connectivity index (χ0) is 34.1. The van der Waals surface area contributed by atoms with Crippen LogP contribution >= 0.6 is 34.9 Å². The third-order valence-electron chi connectivity index (χ3n) is 8.72. The summed E-state index contributed by atoms with van der Waals surface area (Å²) >= 11 is 4.91. The number of hydrogen-bond donors (Lipinski definition) is 0. The molecule has 1 aliphatic rings. The largest absolute Gasteiger partial charge is 0.483 e. The molecule has 50 heavy (non-hydrogen) atoms. The second-order valence-corrected chi connectivity index (χ2v) is 15.1. The van der Waals surface area contributed by atoms with Gasteiger partial charge in [-0.2, -0.15) is 0 Å². The van der Waals surface area contributed by atoms with Crippen LogP contribution in [0.25, 0.3) is 20.5 Å². The van der Waals surface area contributed by atoms with Crippen LogP contribution in [0.3, 0.4) is 0 Å². The Hall–Kier alpha value is -4.21. The van der Waals surface area contributed by atoms with Crippen molar-refractivity contribution in [2.75, 3.05) is 25.0 Å². The Morgan fingerprint density at radius 3 is 1.92 bits per heavy atom. The molecule has 1 atom stereocenters. The van der Waals surface area contributed by atoms with Gasteiger partial charge >= 0.3 is 0 Å². The van der Waals surface area contributed by atoms with E-state index in [4.69, 9.17) is 14.2 Å². The normalized spacial score (nSPS) is 13.9. The number of benzene rings is 5. The van der Waals surface area contributed by atoms with E-state index in [-0.39, 0.29) is 12.0 Å². The first-order chi connectivity index (χ1) is 24.6. The molecule has 0 spiro atoms. The van der Waals surface area contributed by atoms with Crippen molar-refractivity contribution >= 4 is 50.7 Å². The Labute approximate surface area is 306 Å². The summed E-state index contributed by atoms with van der Waals surface area (Å²) in [4.78, 5) is 20.0. The number of nitrogens with zero attached hydrogens (tertiary/aromatic N) is 1. The molecule has 7 rings (SSSR count). The van der Waals surface area contributed by atoms with Crippen molar-refractivity contribution < 1.29 is 19.0 Å². The molecule has 1 aliphatic heterocycles. The van der Waals surface area contributed by atoms with Gasteiger partial charge in [-0.1, -0.05) is 66.3 Å². The lowest BCUT2D eigenvalue weighted by Crippen LogP contribution is -2.40. The molecule has 0 bridgehead atoms. The molecule has 254 valence electrons. The molecule has 5 aromatic carbocycles. The molecular formula is C42H39NO4S3. The quantitative estimate of drug-likeness (QED) is 0.0631. The van der Waals surface area contributed by atoms with Gasteiger partial charge in [0.25, 0.3) is 0 Å². The molecule has 0 aliphatic carbocycles. The lowest BCUT2D eigenvalue weighted by Gasteiger charge is -2.32. The highest BCUT2D eigenvalue weighted by molar-refractivity contribution is 7.99. The number of piperidine rings is 1. The third kappa shape index (κ3) is 8.56. The standard InChI is InChI=1S/C42H39NO4S3/c1-30(43-25-9-4-10-26-43)47-34-21-15-31(16-22-34)41(44)40-38-24-23-35(46-29-49-37-13-7-3-8-14-37)27-39(38)50-42(40)32-17-19-33(20-18-32)45-28-48-36-11-5-2-6-12-36/h2-3,5-8,11-24,27,30H,4,9-10,25-26,28-29H2,1H3. The van der Waals surface area contributed by atoms with Crippen LogP contribution in [0.1, 0.15) is 42.1 Å². The maximum Gasteiger partial charge on any atom is 0.195 e. The monoisotopic (exact) mass is 717 g/mol. The topological polar surface area (TPSA) is 48.0 Å². The predicted octanol–water partition coefficient (Wildman–Crippen LogP) is 11.3. The summed E-state index contributed by atoms with van der Waals surface area (Å²) in [5, 5.41) is 0.914. The van der Waals surface area contributed by atoms with E-state index in [1.54, 1.807) is 34.9 Å². The summed E-state index contributed by atoms with van der Waals surface area (Å²) in [6.45, 7) is 4.22. The molecular weight excluding hydrogens is 679 g/mol. The van der Waals surface area contributed by atoms with E-state index < -0.39 is 0 Å². The number of likely N-dealkylation sites (tertiary alicyclic amines) is 1. The van der Waals surface area contributed by atoms with Crippen molar-refractivity contribution in [3.05, 3.63) is 139 Å². The first-order valence-corrected chi connectivity index (χ1v) is 19.7. The van der Waals surface area contributed by atoms with Crippen molar-refractivity contribution in [2.24, 2.45) is 0 Å². The number of hydrogen-bond acceptors (Lipinski definition) is 8. The van der Waals surface area contributed by atoms with Gasteiger partial charge in [-0.05, 0) is 116 Å². The van der Waals surface area contributed by atoms with Crippen molar-refractivity contribution in [2.45, 2.75) is 42.2 Å². The van der Waals surface area contributed by atoms with Crippen LogP contribution < -0.4 is 14.2 Å². The zero-order valence-corrected chi connectivity index (χ0v) is 30.4. The summed E-state index contributed by atoms with van der Waals surface area (Å²) in [6.07, 6.45) is 3.70. The number of thiophene rings is 1. The van der Waals surface area contributed by atoms with Crippen LogP contribution in [0.4, 0.5) is 0 Å². The maximum atomic E-state index is 14.3. The molecule has 0 N–H and O–H groups in total. The van der Waals surface area contributed by atoms with Gasteiger partial charge in [0.2, 0.25) is 0 Å². The Kier molecular flexibility index (Phi) is 11.4. The summed E-state index contributed by atoms with van der Waals surface area (Å²) in [6, 6.07) is 42.1. The van der Waals surface area contributed by atoms with Gasteiger partial charge in [0.15, 0.2) is 5.78 Å². The minimum Gasteiger partial charge on any atom is -0.483 e. The van der Waals surface area contributed by atoms with Gasteiger partial charge in [-0.25, -0.2) is 0 Å². The second-order valence-electron chi connectivity index (χ2n) is 12.1. The van der Waals surface area contributed by atoms with E-state index in [1.807, 2.05) is 103 Å². The number of rotatable bonds is 14. The second kappa shape index (κ2) is 16.7. The average Bonchev–Trinajstić information content (AvgIpc) is 3.55. The third-order valence-corrected chi connectivity index (χ3v) is 11.6. The lowest BCUT2D eigenvalue weighted by molar-refractivity contribution is 0.0262. The van der Waals surface area contributed by atoms with Gasteiger partial charge in [-0.15, -0.1) is 11.3 Å². The average molecular weight is 718 g/mol. The van der Waals surface area contributed by atoms with Crippen LogP contribution in [0.5, 0.6) is 17.2 Å². The predicted molar refractivity (Wildman–Crippen MR) is 208 cm³/mol. The molecule has 8 heteroatoms. The number of fused-ring (bicyclic) bond motifs is 1. The Balaban J connectivity index is 1.12. The number of carbonyl (C=O) groups excluding carboxylic acids is 1. The SMILES string of the molecule is CC(Oc1ccc(C(=O)c2c(-c3ccc(OCSc4ccccc4)cc3)sc3cc(OCSc4ccccc4)ccc23)cc1)N1CCCCC1. The molecule has 0 radical (unpaired) electrons. The molecule has 2 heterocycles. The minimum atomic E-state index is -0.0187. The lowest BCUT2D eigenvalue weighted by atomic mass is 9.97. The highest BCUT2D eigenvalue weighted by Crippen LogP contribution is 2.42. The van der Waals surface area contributed by atoms with Crippen LogP contribution in [0, 0.1) is 0 Å². The molecule has 1 aromatic heterocycles. The van der Waals surface area contributed by atoms with Crippen molar-refractivity contribution in [3.63, 3.8) is 0 Å². The molecule has 0 amide bonds. The Morgan fingerprint density at radius 2 is 1.28 bits per heavy atom. The summed E-state index contributed by atoms with van der Waals surface area (Å²) in [5.74, 6) is 3.32. The van der Waals surface area contributed by atoms with E-state index >= 15 is 0 Å². The van der Waals surface area contributed by atoms with Crippen molar-refractivity contribution in [3.8, 4) is 27.7 Å². The first-order valence-electron chi connectivity index (χ1n) is 16.9. The maximum absolute atomic E-state index is 14.3. The number of carbonyl (C=O) groups is 1. The smallest absolute Gasteiger partial charge is 0.195 e. The van der Waals surface area contributed by atoms with Crippen LogP contribution in [0.15, 0.2) is 137 Å². The van der Waals surface area contributed by atoms with Crippen molar-refractivity contribution in [1.82, 2.24) is 4.90 Å². The highest BCUT2D eigenvalue weighted by Gasteiger charge is 2.23. The fraction of sp³-hybridized carbons (Fsp3) is 0.214. The zero-order valence-electron chi connectivity index (χ0n) is 28.0. The Morgan fingerprint density at radius 1 is 0.700 bits per heavy atom. The van der Waals surface area contributed by atoms with Gasteiger partial charge in [0.05, 0.1) is 0 Å². The summed E-state index contributed by atoms with van der Waals surface area (Å²) < 4.78 is 19.4. The van der Waals surface area contributed by atoms with E-state index in [9.17, 15) is 4.79 Å². The fourth-order valence-electron chi connectivity index (χ4n) is 6.05. The van der Waals surface area contributed by atoms with Gasteiger partial charge in [0, 0.05) is 49.0 Å². The van der Waals surface area contributed by atoms with Gasteiger partial charge in [-0.3, -0.25) is 9.69 Å². The van der Waals surface area contributed by atoms with Gasteiger partial charge in [0.1, 0.15) is 35.4 Å². The van der Waals surface area contributed by atoms with Crippen LogP contribution in [-0.4, -0.2) is 41.9 Å². The number of ether oxygens (including phenoxy) is 3. The van der Waals surface area contributed by atoms with E-state index in [1.165, 1.54) is 19.3 Å². The number of thioether (sulfide) groups is 2. The minimum absolute atomic E-state index is 0.00402. The van der Waals surface area contributed by atoms with Crippen LogP contribution in [0.2, 0.25) is 0 Å².